The number of amides is 2. The van der Waals surface area contributed by atoms with Crippen LogP contribution >= 0.6 is 0 Å². The third-order valence-corrected chi connectivity index (χ3v) is 4.85. The molecule has 0 spiro atoms. The van der Waals surface area contributed by atoms with E-state index < -0.39 is 0 Å². The minimum absolute atomic E-state index is 0.0745. The molecule has 2 fully saturated rings. The predicted octanol–water partition coefficient (Wildman–Crippen LogP) is 3.03. The number of carbonyl (C=O) groups is 2. The first-order valence-corrected chi connectivity index (χ1v) is 7.83. The fourth-order valence-electron chi connectivity index (χ4n) is 3.88. The minimum Gasteiger partial charge on any atom is -0.495 e. The zero-order chi connectivity index (χ0) is 15.7. The maximum absolute atomic E-state index is 12.6. The van der Waals surface area contributed by atoms with Crippen molar-refractivity contribution in [2.75, 3.05) is 17.7 Å². The molecule has 2 N–H and O–H groups in total. The van der Waals surface area contributed by atoms with Crippen LogP contribution < -0.4 is 15.4 Å². The average molecular weight is 302 g/mol. The minimum atomic E-state index is -0.143. The van der Waals surface area contributed by atoms with Crippen molar-refractivity contribution >= 4 is 23.2 Å². The van der Waals surface area contributed by atoms with Crippen LogP contribution in [0.1, 0.15) is 32.6 Å². The summed E-state index contributed by atoms with van der Waals surface area (Å²) in [6, 6.07) is 5.25. The summed E-state index contributed by atoms with van der Waals surface area (Å²) in [5.41, 5.74) is 1.26. The number of hydrogen-bond acceptors (Lipinski definition) is 3. The summed E-state index contributed by atoms with van der Waals surface area (Å²) in [4.78, 5) is 23.7. The van der Waals surface area contributed by atoms with Gasteiger partial charge >= 0.3 is 0 Å². The van der Waals surface area contributed by atoms with Gasteiger partial charge in [-0.05, 0) is 49.3 Å². The summed E-state index contributed by atoms with van der Waals surface area (Å²) in [6.45, 7) is 1.46. The van der Waals surface area contributed by atoms with E-state index >= 15 is 0 Å². The lowest BCUT2D eigenvalue weighted by molar-refractivity contribution is -0.121. The highest BCUT2D eigenvalue weighted by Gasteiger charge is 2.43. The van der Waals surface area contributed by atoms with Gasteiger partial charge in [0.05, 0.1) is 12.8 Å². The number of hydrogen-bond donors (Lipinski definition) is 2. The van der Waals surface area contributed by atoms with Gasteiger partial charge in [0.2, 0.25) is 11.8 Å². The first-order chi connectivity index (χ1) is 10.6. The molecule has 0 aromatic heterocycles. The van der Waals surface area contributed by atoms with Gasteiger partial charge in [0, 0.05) is 18.5 Å². The molecule has 2 saturated carbocycles. The van der Waals surface area contributed by atoms with Gasteiger partial charge in [-0.1, -0.05) is 6.42 Å². The Kier molecular flexibility index (Phi) is 4.05. The molecule has 118 valence electrons. The summed E-state index contributed by atoms with van der Waals surface area (Å²) in [5.74, 6) is 1.92. The number of fused-ring (bicyclic) bond motifs is 2. The number of methoxy groups -OCH3 is 1. The highest BCUT2D eigenvalue weighted by molar-refractivity contribution is 5.96. The molecule has 0 aliphatic heterocycles. The molecule has 5 nitrogen and oxygen atoms in total. The van der Waals surface area contributed by atoms with Crippen LogP contribution in [0.4, 0.5) is 11.4 Å². The van der Waals surface area contributed by atoms with E-state index in [1.165, 1.54) is 26.2 Å². The topological polar surface area (TPSA) is 67.4 Å². The lowest BCUT2D eigenvalue weighted by Gasteiger charge is -2.21. The van der Waals surface area contributed by atoms with E-state index in [2.05, 4.69) is 10.6 Å². The molecule has 2 aliphatic rings. The van der Waals surface area contributed by atoms with Gasteiger partial charge in [0.25, 0.3) is 0 Å². The number of carbonyl (C=O) groups excluding carboxylic acids is 2. The molecule has 2 bridgehead atoms. The van der Waals surface area contributed by atoms with Crippen LogP contribution in [-0.4, -0.2) is 18.9 Å². The van der Waals surface area contributed by atoms with Crippen molar-refractivity contribution < 1.29 is 14.3 Å². The second kappa shape index (κ2) is 5.99. The van der Waals surface area contributed by atoms with Gasteiger partial charge in [0.1, 0.15) is 5.75 Å². The standard InChI is InChI=1S/C17H22N2O3/c1-10(20)18-13-5-6-16(22-2)15(9-13)19-17(21)14-8-11-3-4-12(14)7-11/h5-6,9,11-12,14H,3-4,7-8H2,1-2H3,(H,18,20)(H,19,21). The molecule has 0 saturated heterocycles. The Morgan fingerprint density at radius 1 is 1.18 bits per heavy atom. The Balaban J connectivity index is 1.75. The number of rotatable bonds is 4. The summed E-state index contributed by atoms with van der Waals surface area (Å²) in [6.07, 6.45) is 4.65. The van der Waals surface area contributed by atoms with Gasteiger partial charge in [-0.3, -0.25) is 9.59 Å². The van der Waals surface area contributed by atoms with Crippen molar-refractivity contribution in [3.8, 4) is 5.75 Å². The molecule has 3 atom stereocenters. The highest BCUT2D eigenvalue weighted by Crippen LogP contribution is 2.48. The summed E-state index contributed by atoms with van der Waals surface area (Å²) >= 11 is 0. The molecule has 5 heteroatoms. The third kappa shape index (κ3) is 2.93. The molecular formula is C17H22N2O3. The fraction of sp³-hybridized carbons (Fsp3) is 0.529. The Bertz CT molecular complexity index is 600. The van der Waals surface area contributed by atoms with Crippen molar-refractivity contribution in [1.82, 2.24) is 0 Å². The monoisotopic (exact) mass is 302 g/mol. The van der Waals surface area contributed by atoms with Crippen molar-refractivity contribution in [2.45, 2.75) is 32.6 Å². The smallest absolute Gasteiger partial charge is 0.227 e. The van der Waals surface area contributed by atoms with Crippen molar-refractivity contribution in [3.63, 3.8) is 0 Å². The van der Waals surface area contributed by atoms with Crippen molar-refractivity contribution in [2.24, 2.45) is 17.8 Å². The highest BCUT2D eigenvalue weighted by atomic mass is 16.5. The predicted molar refractivity (Wildman–Crippen MR) is 84.9 cm³/mol. The molecular weight excluding hydrogens is 280 g/mol. The van der Waals surface area contributed by atoms with Crippen LogP contribution in [0.5, 0.6) is 5.75 Å². The Hall–Kier alpha value is -2.04. The van der Waals surface area contributed by atoms with Crippen LogP contribution in [0, 0.1) is 17.8 Å². The second-order valence-electron chi connectivity index (χ2n) is 6.37. The maximum Gasteiger partial charge on any atom is 0.227 e. The van der Waals surface area contributed by atoms with E-state index in [1.54, 1.807) is 25.3 Å². The molecule has 1 aromatic carbocycles. The number of anilines is 2. The third-order valence-electron chi connectivity index (χ3n) is 4.85. The SMILES string of the molecule is COc1ccc(NC(C)=O)cc1NC(=O)C1CC2CCC1C2. The van der Waals surface area contributed by atoms with Gasteiger partial charge < -0.3 is 15.4 Å². The Morgan fingerprint density at radius 2 is 2.00 bits per heavy atom. The summed E-state index contributed by atoms with van der Waals surface area (Å²) in [5, 5.41) is 5.71. The second-order valence-corrected chi connectivity index (χ2v) is 6.37. The summed E-state index contributed by atoms with van der Waals surface area (Å²) in [7, 11) is 1.57. The van der Waals surface area contributed by atoms with E-state index in [9.17, 15) is 9.59 Å². The lowest BCUT2D eigenvalue weighted by Crippen LogP contribution is -2.27. The van der Waals surface area contributed by atoms with Crippen LogP contribution in [0.15, 0.2) is 18.2 Å². The largest absolute Gasteiger partial charge is 0.495 e. The van der Waals surface area contributed by atoms with E-state index in [0.717, 1.165) is 12.3 Å². The zero-order valence-corrected chi connectivity index (χ0v) is 13.0. The quantitative estimate of drug-likeness (QED) is 0.898. The molecule has 22 heavy (non-hydrogen) atoms. The maximum atomic E-state index is 12.6. The molecule has 2 amide bonds. The number of ether oxygens (including phenoxy) is 1. The van der Waals surface area contributed by atoms with Crippen LogP contribution in [0.25, 0.3) is 0 Å². The van der Waals surface area contributed by atoms with Crippen LogP contribution in [0.2, 0.25) is 0 Å². The van der Waals surface area contributed by atoms with E-state index in [-0.39, 0.29) is 17.7 Å². The average Bonchev–Trinajstić information content (AvgIpc) is 3.09. The van der Waals surface area contributed by atoms with Crippen molar-refractivity contribution in [1.29, 1.82) is 0 Å². The first-order valence-electron chi connectivity index (χ1n) is 7.83. The van der Waals surface area contributed by atoms with Crippen molar-refractivity contribution in [3.05, 3.63) is 18.2 Å². The molecule has 0 heterocycles. The first kappa shape index (κ1) is 14.9. The Morgan fingerprint density at radius 3 is 2.59 bits per heavy atom. The Labute approximate surface area is 130 Å². The molecule has 1 aromatic rings. The van der Waals surface area contributed by atoms with E-state index in [1.807, 2.05) is 0 Å². The molecule has 0 radical (unpaired) electrons. The normalized spacial score (nSPS) is 25.8. The van der Waals surface area contributed by atoms with Crippen LogP contribution in [-0.2, 0) is 9.59 Å². The van der Waals surface area contributed by atoms with Gasteiger partial charge in [-0.15, -0.1) is 0 Å². The van der Waals surface area contributed by atoms with E-state index in [0.29, 0.717) is 23.0 Å². The van der Waals surface area contributed by atoms with Gasteiger partial charge in [-0.2, -0.15) is 0 Å². The molecule has 3 unspecified atom stereocenters. The van der Waals surface area contributed by atoms with Crippen LogP contribution in [0.3, 0.4) is 0 Å². The molecule has 2 aliphatic carbocycles. The van der Waals surface area contributed by atoms with E-state index in [4.69, 9.17) is 4.74 Å². The fourth-order valence-corrected chi connectivity index (χ4v) is 3.88. The number of nitrogens with one attached hydrogen (secondary N) is 2. The van der Waals surface area contributed by atoms with Gasteiger partial charge in [-0.25, -0.2) is 0 Å². The summed E-state index contributed by atoms with van der Waals surface area (Å²) < 4.78 is 5.30. The molecule has 3 rings (SSSR count). The number of benzene rings is 1. The van der Waals surface area contributed by atoms with Gasteiger partial charge in [0.15, 0.2) is 0 Å². The zero-order valence-electron chi connectivity index (χ0n) is 13.0. The lowest BCUT2D eigenvalue weighted by atomic mass is 9.88.